The molecule has 5 rings (SSSR count). The van der Waals surface area contributed by atoms with Gasteiger partial charge < -0.3 is 10.4 Å². The molecule has 1 aliphatic heterocycles. The lowest BCUT2D eigenvalue weighted by Crippen LogP contribution is -2.43. The Bertz CT molecular complexity index is 1710. The number of aromatic nitrogens is 3. The molecular formula is C27H27F4N5O4S. The second kappa shape index (κ2) is 10.4. The molecule has 3 heterocycles. The topological polar surface area (TPSA) is 117 Å². The van der Waals surface area contributed by atoms with E-state index in [1.54, 1.807) is 6.92 Å². The first-order valence-electron chi connectivity index (χ1n) is 13.0. The normalized spacial score (nSPS) is 22.6. The molecule has 0 bridgehead atoms. The van der Waals surface area contributed by atoms with E-state index in [1.807, 2.05) is 0 Å². The predicted octanol–water partition coefficient (Wildman–Crippen LogP) is 3.67. The second-order valence-electron chi connectivity index (χ2n) is 10.6. The molecule has 2 N–H and O–H groups in total. The zero-order chi connectivity index (χ0) is 29.7. The molecule has 14 heteroatoms. The maximum absolute atomic E-state index is 13.5. The molecule has 1 saturated heterocycles. The molecule has 1 saturated carbocycles. The van der Waals surface area contributed by atoms with Crippen LogP contribution in [-0.4, -0.2) is 57.1 Å². The maximum atomic E-state index is 13.5. The molecule has 41 heavy (non-hydrogen) atoms. The van der Waals surface area contributed by atoms with Gasteiger partial charge in [0.1, 0.15) is 11.5 Å². The van der Waals surface area contributed by atoms with Crippen molar-refractivity contribution in [2.75, 3.05) is 18.4 Å². The van der Waals surface area contributed by atoms with Crippen molar-refractivity contribution >= 4 is 27.0 Å². The molecule has 218 valence electrons. The van der Waals surface area contributed by atoms with Crippen molar-refractivity contribution < 1.29 is 31.1 Å². The van der Waals surface area contributed by atoms with Crippen LogP contribution in [0, 0.1) is 18.2 Å². The van der Waals surface area contributed by atoms with Crippen LogP contribution in [-0.2, 0) is 16.2 Å². The van der Waals surface area contributed by atoms with E-state index in [9.17, 15) is 35.9 Å². The number of piperidine rings is 1. The number of nitrogens with zero attached hydrogens (tertiary/aromatic N) is 4. The van der Waals surface area contributed by atoms with Crippen LogP contribution in [0.1, 0.15) is 56.2 Å². The zero-order valence-electron chi connectivity index (χ0n) is 21.9. The number of pyridine rings is 1. The average molecular weight is 594 g/mol. The van der Waals surface area contributed by atoms with Gasteiger partial charge in [-0.2, -0.15) is 22.5 Å². The summed E-state index contributed by atoms with van der Waals surface area (Å²) in [6.45, 7) is 1.48. The van der Waals surface area contributed by atoms with Crippen molar-refractivity contribution in [3.05, 3.63) is 57.8 Å². The quantitative estimate of drug-likeness (QED) is 0.343. The van der Waals surface area contributed by atoms with Crippen LogP contribution in [0.5, 0.6) is 0 Å². The van der Waals surface area contributed by atoms with Gasteiger partial charge in [-0.3, -0.25) is 9.36 Å². The van der Waals surface area contributed by atoms with Crippen LogP contribution < -0.4 is 10.9 Å². The summed E-state index contributed by atoms with van der Waals surface area (Å²) in [5.41, 5.74) is -2.74. The van der Waals surface area contributed by atoms with Crippen LogP contribution in [0.3, 0.4) is 0 Å². The van der Waals surface area contributed by atoms with Gasteiger partial charge in [0, 0.05) is 30.7 Å². The van der Waals surface area contributed by atoms with E-state index in [-0.39, 0.29) is 55.2 Å². The summed E-state index contributed by atoms with van der Waals surface area (Å²) < 4.78 is 82.4. The number of aliphatic hydroxyl groups is 1. The van der Waals surface area contributed by atoms with Crippen molar-refractivity contribution in [1.82, 2.24) is 18.8 Å². The highest BCUT2D eigenvalue weighted by atomic mass is 32.2. The number of sulfonamides is 1. The van der Waals surface area contributed by atoms with Crippen LogP contribution >= 0.6 is 0 Å². The molecule has 2 aliphatic rings. The summed E-state index contributed by atoms with van der Waals surface area (Å²) in [6.07, 6.45) is 4.22. The fraction of sp³-hybridized carbons (Fsp3) is 0.444. The van der Waals surface area contributed by atoms with Crippen molar-refractivity contribution in [2.24, 2.45) is 0 Å². The minimum Gasteiger partial charge on any atom is -0.388 e. The smallest absolute Gasteiger partial charge is 0.388 e. The molecule has 2 aromatic heterocycles. The van der Waals surface area contributed by atoms with Crippen molar-refractivity contribution in [3.63, 3.8) is 0 Å². The Hall–Kier alpha value is -3.54. The van der Waals surface area contributed by atoms with Crippen molar-refractivity contribution in [2.45, 2.75) is 67.8 Å². The van der Waals surface area contributed by atoms with Gasteiger partial charge in [0.05, 0.1) is 27.7 Å². The third-order valence-electron chi connectivity index (χ3n) is 7.77. The number of nitrogens with one attached hydrogen (secondary N) is 1. The number of rotatable bonds is 5. The Morgan fingerprint density at radius 1 is 1.20 bits per heavy atom. The standard InChI is InChI=1S/C27H27F4N5O4S/c1-3-16-13-17-15-32-25(34-23(17)36(24(16)37)22-5-4-10-26(22,2)38)33-19-8-11-35(12-9-19)41(39,40)21-7-6-18(28)14-20(21)27(29,30)31/h1,6-7,13-15,19,22,38H,4-5,8-12H2,2H3,(H,32,33,34)/t22-,26-/m1/s1. The van der Waals surface area contributed by atoms with E-state index in [1.165, 1.54) is 16.8 Å². The van der Waals surface area contributed by atoms with Crippen molar-refractivity contribution in [3.8, 4) is 12.3 Å². The molecule has 3 aromatic rings. The van der Waals surface area contributed by atoms with E-state index in [4.69, 9.17) is 6.42 Å². The van der Waals surface area contributed by atoms with Crippen LogP contribution in [0.15, 0.2) is 40.2 Å². The number of benzene rings is 1. The predicted molar refractivity (Wildman–Crippen MR) is 142 cm³/mol. The van der Waals surface area contributed by atoms with Gasteiger partial charge in [0.15, 0.2) is 0 Å². The molecule has 0 amide bonds. The molecule has 0 radical (unpaired) electrons. The van der Waals surface area contributed by atoms with E-state index < -0.39 is 49.7 Å². The molecule has 0 unspecified atom stereocenters. The van der Waals surface area contributed by atoms with E-state index >= 15 is 0 Å². The van der Waals surface area contributed by atoms with Crippen LogP contribution in [0.2, 0.25) is 0 Å². The van der Waals surface area contributed by atoms with Gasteiger partial charge in [0.2, 0.25) is 16.0 Å². The minimum absolute atomic E-state index is 0.0938. The molecule has 0 spiro atoms. The highest BCUT2D eigenvalue weighted by Crippen LogP contribution is 2.40. The minimum atomic E-state index is -5.05. The zero-order valence-corrected chi connectivity index (χ0v) is 22.8. The molecule has 2 atom stereocenters. The SMILES string of the molecule is C#Cc1cc2cnc(NC3CCN(S(=O)(=O)c4ccc(F)cc4C(F)(F)F)CC3)nc2n([C@@H]2CCC[C@@]2(C)O)c1=O. The number of fused-ring (bicyclic) bond motifs is 1. The third-order valence-corrected chi connectivity index (χ3v) is 9.73. The molecule has 1 aromatic carbocycles. The third kappa shape index (κ3) is 5.41. The lowest BCUT2D eigenvalue weighted by molar-refractivity contribution is -0.140. The fourth-order valence-electron chi connectivity index (χ4n) is 5.63. The monoisotopic (exact) mass is 593 g/mol. The van der Waals surface area contributed by atoms with Gasteiger partial charge in [0.25, 0.3) is 5.56 Å². The number of hydrogen-bond acceptors (Lipinski definition) is 7. The molecule has 9 nitrogen and oxygen atoms in total. The highest BCUT2D eigenvalue weighted by molar-refractivity contribution is 7.89. The number of terminal acetylenes is 1. The first-order valence-corrected chi connectivity index (χ1v) is 14.4. The first kappa shape index (κ1) is 29.0. The molecular weight excluding hydrogens is 566 g/mol. The Balaban J connectivity index is 1.38. The van der Waals surface area contributed by atoms with Crippen LogP contribution in [0.4, 0.5) is 23.5 Å². The number of hydrogen-bond donors (Lipinski definition) is 2. The summed E-state index contributed by atoms with van der Waals surface area (Å²) in [5, 5.41) is 14.6. The number of anilines is 1. The second-order valence-corrected chi connectivity index (χ2v) is 12.5. The van der Waals surface area contributed by atoms with E-state index in [0.29, 0.717) is 36.8 Å². The summed E-state index contributed by atoms with van der Waals surface area (Å²) in [6, 6.07) is 2.13. The van der Waals surface area contributed by atoms with E-state index in [2.05, 4.69) is 21.2 Å². The maximum Gasteiger partial charge on any atom is 0.417 e. The van der Waals surface area contributed by atoms with Gasteiger partial charge in [-0.25, -0.2) is 17.8 Å². The Kier molecular flexibility index (Phi) is 7.33. The summed E-state index contributed by atoms with van der Waals surface area (Å²) in [7, 11) is -4.55. The van der Waals surface area contributed by atoms with Gasteiger partial charge in [-0.1, -0.05) is 5.92 Å². The Morgan fingerprint density at radius 2 is 1.90 bits per heavy atom. The molecule has 1 aliphatic carbocycles. The molecule has 2 fully saturated rings. The number of halogens is 4. The largest absolute Gasteiger partial charge is 0.417 e. The van der Waals surface area contributed by atoms with Gasteiger partial charge in [-0.05, 0) is 63.3 Å². The lowest BCUT2D eigenvalue weighted by atomic mass is 9.99. The summed E-state index contributed by atoms with van der Waals surface area (Å²) >= 11 is 0. The van der Waals surface area contributed by atoms with Gasteiger partial charge in [-0.15, -0.1) is 6.42 Å². The number of alkyl halides is 3. The lowest BCUT2D eigenvalue weighted by Gasteiger charge is -2.32. The summed E-state index contributed by atoms with van der Waals surface area (Å²) in [5.74, 6) is 1.36. The summed E-state index contributed by atoms with van der Waals surface area (Å²) in [4.78, 5) is 21.1. The highest BCUT2D eigenvalue weighted by Gasteiger charge is 2.41. The van der Waals surface area contributed by atoms with E-state index in [0.717, 1.165) is 4.31 Å². The van der Waals surface area contributed by atoms with Crippen LogP contribution in [0.25, 0.3) is 11.0 Å². The first-order chi connectivity index (χ1) is 19.2. The Labute approximate surface area is 233 Å². The van der Waals surface area contributed by atoms with Crippen molar-refractivity contribution in [1.29, 1.82) is 0 Å². The fourth-order valence-corrected chi connectivity index (χ4v) is 7.29. The average Bonchev–Trinajstić information content (AvgIpc) is 3.26. The Morgan fingerprint density at radius 3 is 2.51 bits per heavy atom. The van der Waals surface area contributed by atoms with Gasteiger partial charge >= 0.3 is 6.18 Å².